The first-order valence-electron chi connectivity index (χ1n) is 13.6. The highest BCUT2D eigenvalue weighted by atomic mass is 35.5. The number of piperidine rings is 1. The number of amides is 1. The van der Waals surface area contributed by atoms with Gasteiger partial charge in [-0.3, -0.25) is 10.0 Å². The molecule has 1 amide bonds. The number of hydrogen-bond acceptors (Lipinski definition) is 7. The number of likely N-dealkylation sites (tertiary alicyclic amines) is 2. The quantitative estimate of drug-likeness (QED) is 0.262. The van der Waals surface area contributed by atoms with Gasteiger partial charge in [0.15, 0.2) is 17.4 Å². The molecule has 0 radical (unpaired) electrons. The maximum Gasteiger partial charge on any atom is 0.266 e. The van der Waals surface area contributed by atoms with Crippen LogP contribution in [0, 0.1) is 11.6 Å². The Morgan fingerprint density at radius 3 is 2.46 bits per heavy atom. The molecular formula is C28H35ClF2N4O5S. The van der Waals surface area contributed by atoms with Crippen molar-refractivity contribution in [2.24, 2.45) is 0 Å². The average Bonchev–Trinajstić information content (AvgIpc) is 3.22. The van der Waals surface area contributed by atoms with Gasteiger partial charge in [0.1, 0.15) is 28.6 Å². The van der Waals surface area contributed by atoms with Crippen LogP contribution >= 0.6 is 11.6 Å². The number of carbonyl (C=O) groups excluding carboxylic acids is 2. The van der Waals surface area contributed by atoms with Gasteiger partial charge in [-0.2, -0.15) is 4.31 Å². The lowest BCUT2D eigenvalue weighted by atomic mass is 9.96. The average molecular weight is 613 g/mol. The van der Waals surface area contributed by atoms with E-state index in [1.54, 1.807) is 5.48 Å². The standard InChI is InChI=1S/C20H20ClF2N3O4S.C8H15NO/c1-25-10-13-6-7-20(11-25,19(27)24-28)26(13)31(29)15-8-16(22)18(17(23)9-15)30-14-4-2-12(21)3-5-14;10-8-4-7-9-5-2-1-3-6-9/h2-5,8-9,13,28H,6-7,10-11H2,1H3,(H,24,27);8H,1-7H2. The zero-order valence-corrected chi connectivity index (χ0v) is 24.4. The second-order valence-electron chi connectivity index (χ2n) is 10.6. The van der Waals surface area contributed by atoms with E-state index in [1.165, 1.54) is 60.9 Å². The molecule has 3 unspecified atom stereocenters. The van der Waals surface area contributed by atoms with Gasteiger partial charge in [0.2, 0.25) is 0 Å². The fourth-order valence-electron chi connectivity index (χ4n) is 5.74. The van der Waals surface area contributed by atoms with Crippen molar-refractivity contribution in [2.45, 2.75) is 55.0 Å². The van der Waals surface area contributed by atoms with Crippen LogP contribution < -0.4 is 10.2 Å². The smallest absolute Gasteiger partial charge is 0.266 e. The number of nitrogens with zero attached hydrogens (tertiary/aromatic N) is 3. The van der Waals surface area contributed by atoms with Crippen molar-refractivity contribution in [1.29, 1.82) is 0 Å². The molecule has 3 atom stereocenters. The highest BCUT2D eigenvalue weighted by Gasteiger charge is 2.58. The number of benzene rings is 2. The van der Waals surface area contributed by atoms with Crippen molar-refractivity contribution < 1.29 is 32.5 Å². The minimum Gasteiger partial charge on any atom is -0.451 e. The molecule has 0 aromatic heterocycles. The van der Waals surface area contributed by atoms with Crippen molar-refractivity contribution in [3.8, 4) is 11.5 Å². The van der Waals surface area contributed by atoms with Crippen LogP contribution in [0.4, 0.5) is 8.78 Å². The van der Waals surface area contributed by atoms with Crippen molar-refractivity contribution >= 4 is 34.8 Å². The van der Waals surface area contributed by atoms with Gasteiger partial charge in [-0.15, -0.1) is 0 Å². The Labute approximate surface area is 245 Å². The Balaban J connectivity index is 0.000000328. The topological polar surface area (TPSA) is 102 Å². The summed E-state index contributed by atoms with van der Waals surface area (Å²) in [5.74, 6) is -3.20. The molecule has 2 bridgehead atoms. The monoisotopic (exact) mass is 612 g/mol. The third-order valence-corrected chi connectivity index (χ3v) is 9.52. The molecule has 2 aromatic rings. The number of likely N-dealkylation sites (N-methyl/N-ethyl adjacent to an activating group) is 1. The van der Waals surface area contributed by atoms with E-state index < -0.39 is 39.8 Å². The molecule has 5 rings (SSSR count). The summed E-state index contributed by atoms with van der Waals surface area (Å²) in [4.78, 5) is 26.7. The van der Waals surface area contributed by atoms with Crippen molar-refractivity contribution in [3.05, 3.63) is 53.1 Å². The van der Waals surface area contributed by atoms with Crippen molar-refractivity contribution in [3.63, 3.8) is 0 Å². The van der Waals surface area contributed by atoms with Gasteiger partial charge >= 0.3 is 0 Å². The Kier molecular flexibility index (Phi) is 10.8. The molecule has 3 aliphatic heterocycles. The van der Waals surface area contributed by atoms with Crippen LogP contribution in [-0.2, 0) is 20.6 Å². The summed E-state index contributed by atoms with van der Waals surface area (Å²) >= 11 is 5.80. The number of nitrogens with one attached hydrogen (secondary N) is 1. The van der Waals surface area contributed by atoms with Gasteiger partial charge in [0, 0.05) is 37.1 Å². The number of rotatable bonds is 8. The van der Waals surface area contributed by atoms with Gasteiger partial charge < -0.3 is 19.3 Å². The van der Waals surface area contributed by atoms with E-state index in [-0.39, 0.29) is 23.2 Å². The van der Waals surface area contributed by atoms with E-state index in [9.17, 15) is 27.8 Å². The van der Waals surface area contributed by atoms with E-state index in [0.717, 1.165) is 25.0 Å². The Morgan fingerprint density at radius 1 is 1.20 bits per heavy atom. The molecule has 224 valence electrons. The first-order chi connectivity index (χ1) is 19.7. The predicted octanol–water partition coefficient (Wildman–Crippen LogP) is 4.15. The molecule has 41 heavy (non-hydrogen) atoms. The Hall–Kier alpha value is -2.48. The summed E-state index contributed by atoms with van der Waals surface area (Å²) in [6.07, 6.45) is 6.65. The third kappa shape index (κ3) is 7.30. The summed E-state index contributed by atoms with van der Waals surface area (Å²) in [5.41, 5.74) is 0.393. The molecule has 0 saturated carbocycles. The molecular weight excluding hydrogens is 578 g/mol. The van der Waals surface area contributed by atoms with Crippen molar-refractivity contribution in [2.75, 3.05) is 39.8 Å². The second kappa shape index (κ2) is 14.1. The van der Waals surface area contributed by atoms with Gasteiger partial charge in [0.05, 0.1) is 4.90 Å². The summed E-state index contributed by atoms with van der Waals surface area (Å²) in [5, 5.41) is 9.70. The summed E-state index contributed by atoms with van der Waals surface area (Å²) in [7, 11) is -0.221. The first kappa shape index (κ1) is 31.5. The van der Waals surface area contributed by atoms with E-state index in [4.69, 9.17) is 16.3 Å². The highest BCUT2D eigenvalue weighted by Crippen LogP contribution is 2.42. The molecule has 2 N–H and O–H groups in total. The number of fused-ring (bicyclic) bond motifs is 2. The van der Waals surface area contributed by atoms with Crippen LogP contribution in [0.1, 0.15) is 38.5 Å². The second-order valence-corrected chi connectivity index (χ2v) is 12.4. The van der Waals surface area contributed by atoms with Gasteiger partial charge in [-0.25, -0.2) is 18.5 Å². The van der Waals surface area contributed by atoms with Gasteiger partial charge in [-0.05, 0) is 82.2 Å². The highest BCUT2D eigenvalue weighted by molar-refractivity contribution is 7.82. The molecule has 0 aliphatic carbocycles. The fourth-order valence-corrected chi connectivity index (χ4v) is 7.49. The first-order valence-corrected chi connectivity index (χ1v) is 15.1. The van der Waals surface area contributed by atoms with Crippen LogP contribution in [0.3, 0.4) is 0 Å². The van der Waals surface area contributed by atoms with Crippen LogP contribution in [0.25, 0.3) is 0 Å². The minimum atomic E-state index is -2.04. The lowest BCUT2D eigenvalue weighted by molar-refractivity contribution is -0.141. The van der Waals surface area contributed by atoms with Gasteiger partial charge in [-0.1, -0.05) is 18.0 Å². The predicted molar refractivity (Wildman–Crippen MR) is 150 cm³/mol. The van der Waals surface area contributed by atoms with Crippen LogP contribution in [0.5, 0.6) is 11.5 Å². The van der Waals surface area contributed by atoms with Gasteiger partial charge in [0.25, 0.3) is 5.91 Å². The molecule has 13 heteroatoms. The third-order valence-electron chi connectivity index (χ3n) is 7.62. The van der Waals surface area contributed by atoms with E-state index >= 15 is 0 Å². The number of ether oxygens (including phenoxy) is 1. The fraction of sp³-hybridized carbons (Fsp3) is 0.500. The zero-order valence-electron chi connectivity index (χ0n) is 22.9. The lowest BCUT2D eigenvalue weighted by Crippen LogP contribution is -2.66. The molecule has 9 nitrogen and oxygen atoms in total. The largest absolute Gasteiger partial charge is 0.451 e. The lowest BCUT2D eigenvalue weighted by Gasteiger charge is -2.45. The van der Waals surface area contributed by atoms with Crippen LogP contribution in [0.15, 0.2) is 41.3 Å². The molecule has 0 spiro atoms. The Morgan fingerprint density at radius 2 is 1.85 bits per heavy atom. The summed E-state index contributed by atoms with van der Waals surface area (Å²) in [6.45, 7) is 4.14. The Bertz CT molecular complexity index is 1230. The molecule has 3 fully saturated rings. The minimum absolute atomic E-state index is 0.134. The zero-order chi connectivity index (χ0) is 29.6. The SMILES string of the molecule is CN1CC2CCC(C(=O)NO)(C1)N2S(=O)c1cc(F)c(Oc2ccc(Cl)cc2)c(F)c1.O=CCCN1CCCCC1. The van der Waals surface area contributed by atoms with Crippen LogP contribution in [-0.4, -0.2) is 87.1 Å². The van der Waals surface area contributed by atoms with Crippen molar-refractivity contribution in [1.82, 2.24) is 19.6 Å². The molecule has 3 saturated heterocycles. The number of piperazine rings is 1. The number of halogens is 3. The molecule has 2 aromatic carbocycles. The van der Waals surface area contributed by atoms with E-state index in [2.05, 4.69) is 4.90 Å². The number of hydroxylamine groups is 1. The van der Waals surface area contributed by atoms with E-state index in [1.807, 2.05) is 11.9 Å². The molecule has 3 aliphatic rings. The summed E-state index contributed by atoms with van der Waals surface area (Å²) in [6, 6.07) is 7.57. The molecule has 3 heterocycles. The van der Waals surface area contributed by atoms with E-state index in [0.29, 0.717) is 30.8 Å². The number of aldehydes is 1. The number of hydrogen-bond donors (Lipinski definition) is 2. The number of carbonyl (C=O) groups is 2. The maximum absolute atomic E-state index is 14.7. The maximum atomic E-state index is 14.7. The van der Waals surface area contributed by atoms with Crippen LogP contribution in [0.2, 0.25) is 5.02 Å². The normalized spacial score (nSPS) is 23.8. The summed E-state index contributed by atoms with van der Waals surface area (Å²) < 4.78 is 49.6.